The Labute approximate surface area is 131 Å². The Hall–Kier alpha value is -1.32. The maximum absolute atomic E-state index is 12.3. The van der Waals surface area contributed by atoms with Crippen molar-refractivity contribution < 1.29 is 4.79 Å². The first-order valence-corrected chi connectivity index (χ1v) is 7.64. The quantitative estimate of drug-likeness (QED) is 0.871. The van der Waals surface area contributed by atoms with E-state index in [-0.39, 0.29) is 11.9 Å². The number of carbonyl (C=O) groups is 1. The second kappa shape index (κ2) is 5.58. The van der Waals surface area contributed by atoms with Crippen LogP contribution in [0.3, 0.4) is 0 Å². The van der Waals surface area contributed by atoms with Gasteiger partial charge in [0.15, 0.2) is 0 Å². The molecule has 0 aromatic heterocycles. The number of nitrogens with one attached hydrogen (secondary N) is 1. The molecule has 2 aromatic carbocycles. The lowest BCUT2D eigenvalue weighted by Crippen LogP contribution is -2.35. The van der Waals surface area contributed by atoms with Crippen molar-refractivity contribution in [2.45, 2.75) is 18.9 Å². The van der Waals surface area contributed by atoms with E-state index >= 15 is 0 Å². The Morgan fingerprint density at radius 2 is 1.75 bits per heavy atom. The highest BCUT2D eigenvalue weighted by atomic mass is 79.9. The van der Waals surface area contributed by atoms with E-state index in [1.165, 1.54) is 11.1 Å². The minimum atomic E-state index is -0.117. The van der Waals surface area contributed by atoms with Crippen LogP contribution < -0.4 is 5.32 Å². The number of carbonyl (C=O) groups excluding carboxylic acids is 1. The molecule has 1 aliphatic rings. The zero-order valence-electron chi connectivity index (χ0n) is 10.7. The molecule has 0 radical (unpaired) electrons. The van der Waals surface area contributed by atoms with Crippen LogP contribution in [0, 0.1) is 0 Å². The van der Waals surface area contributed by atoms with Gasteiger partial charge in [-0.2, -0.15) is 0 Å². The summed E-state index contributed by atoms with van der Waals surface area (Å²) in [4.78, 5) is 12.3. The normalized spacial score (nSPS) is 14.1. The van der Waals surface area contributed by atoms with Crippen LogP contribution in [0.1, 0.15) is 21.5 Å². The van der Waals surface area contributed by atoms with E-state index in [2.05, 4.69) is 33.4 Å². The Balaban J connectivity index is 1.74. The van der Waals surface area contributed by atoms with Gasteiger partial charge in [-0.05, 0) is 52.0 Å². The summed E-state index contributed by atoms with van der Waals surface area (Å²) < 4.78 is 0.738. The Morgan fingerprint density at radius 1 is 1.10 bits per heavy atom. The first kappa shape index (κ1) is 13.7. The fraction of sp³-hybridized carbons (Fsp3) is 0.188. The first-order valence-electron chi connectivity index (χ1n) is 6.47. The van der Waals surface area contributed by atoms with Crippen LogP contribution in [-0.2, 0) is 12.8 Å². The van der Waals surface area contributed by atoms with E-state index in [1.807, 2.05) is 24.3 Å². The molecule has 0 spiro atoms. The van der Waals surface area contributed by atoms with Crippen molar-refractivity contribution in [3.05, 3.63) is 68.7 Å². The minimum Gasteiger partial charge on any atom is -0.349 e. The molecular weight excluding hydrogens is 338 g/mol. The zero-order valence-corrected chi connectivity index (χ0v) is 13.0. The highest BCUT2D eigenvalue weighted by Gasteiger charge is 2.23. The van der Waals surface area contributed by atoms with Gasteiger partial charge in [-0.25, -0.2) is 0 Å². The molecule has 2 aromatic rings. The Morgan fingerprint density at radius 3 is 2.40 bits per heavy atom. The number of benzene rings is 2. The standard InChI is InChI=1S/C16H13BrClNO/c17-14-7-3-6-13(15(14)18)16(20)19-12-8-10-4-1-2-5-11(10)9-12/h1-7,12H,8-9H2,(H,19,20). The van der Waals surface area contributed by atoms with Crippen LogP contribution in [0.4, 0.5) is 0 Å². The van der Waals surface area contributed by atoms with Gasteiger partial charge in [-0.3, -0.25) is 4.79 Å². The lowest BCUT2D eigenvalue weighted by molar-refractivity contribution is 0.0938. The van der Waals surface area contributed by atoms with Crippen molar-refractivity contribution in [3.8, 4) is 0 Å². The zero-order chi connectivity index (χ0) is 14.1. The van der Waals surface area contributed by atoms with Gasteiger partial charge in [0, 0.05) is 10.5 Å². The van der Waals surface area contributed by atoms with E-state index in [1.54, 1.807) is 6.07 Å². The number of halogens is 2. The van der Waals surface area contributed by atoms with Crippen LogP contribution in [0.15, 0.2) is 46.9 Å². The molecule has 0 saturated carbocycles. The van der Waals surface area contributed by atoms with E-state index in [9.17, 15) is 4.79 Å². The predicted molar refractivity (Wildman–Crippen MR) is 84.3 cm³/mol. The number of hydrogen-bond donors (Lipinski definition) is 1. The number of amides is 1. The largest absolute Gasteiger partial charge is 0.349 e. The molecule has 102 valence electrons. The third-order valence-corrected chi connectivity index (χ3v) is 4.88. The van der Waals surface area contributed by atoms with Gasteiger partial charge in [0.05, 0.1) is 10.6 Å². The molecule has 0 saturated heterocycles. The average Bonchev–Trinajstić information content (AvgIpc) is 2.83. The lowest BCUT2D eigenvalue weighted by atomic mass is 10.1. The molecule has 1 N–H and O–H groups in total. The van der Waals surface area contributed by atoms with E-state index < -0.39 is 0 Å². The fourth-order valence-electron chi connectivity index (χ4n) is 2.60. The summed E-state index contributed by atoms with van der Waals surface area (Å²) in [7, 11) is 0. The second-order valence-electron chi connectivity index (χ2n) is 4.95. The summed E-state index contributed by atoms with van der Waals surface area (Å²) in [6.07, 6.45) is 1.76. The smallest absolute Gasteiger partial charge is 0.253 e. The van der Waals surface area contributed by atoms with Crippen molar-refractivity contribution in [1.82, 2.24) is 5.32 Å². The van der Waals surface area contributed by atoms with Crippen molar-refractivity contribution in [3.63, 3.8) is 0 Å². The number of rotatable bonds is 2. The molecule has 0 heterocycles. The molecule has 0 bridgehead atoms. The number of hydrogen-bond acceptors (Lipinski definition) is 1. The van der Waals surface area contributed by atoms with Crippen molar-refractivity contribution >= 4 is 33.4 Å². The lowest BCUT2D eigenvalue weighted by Gasteiger charge is -2.13. The van der Waals surface area contributed by atoms with Crippen molar-refractivity contribution in [2.75, 3.05) is 0 Å². The maximum atomic E-state index is 12.3. The van der Waals surface area contributed by atoms with Crippen molar-refractivity contribution in [2.24, 2.45) is 0 Å². The fourth-order valence-corrected chi connectivity index (χ4v) is 3.18. The Bertz CT molecular complexity index is 646. The SMILES string of the molecule is O=C(NC1Cc2ccccc2C1)c1cccc(Br)c1Cl. The van der Waals surface area contributed by atoms with Crippen LogP contribution in [0.2, 0.25) is 5.02 Å². The third-order valence-electron chi connectivity index (χ3n) is 3.58. The monoisotopic (exact) mass is 349 g/mol. The van der Waals surface area contributed by atoms with Crippen LogP contribution in [-0.4, -0.2) is 11.9 Å². The summed E-state index contributed by atoms with van der Waals surface area (Å²) in [5.74, 6) is -0.117. The molecule has 3 rings (SSSR count). The summed E-state index contributed by atoms with van der Waals surface area (Å²) in [6, 6.07) is 13.8. The molecule has 20 heavy (non-hydrogen) atoms. The van der Waals surface area contributed by atoms with Gasteiger partial charge < -0.3 is 5.32 Å². The van der Waals surface area contributed by atoms with Gasteiger partial charge in [-0.15, -0.1) is 0 Å². The molecule has 1 aliphatic carbocycles. The van der Waals surface area contributed by atoms with Gasteiger partial charge in [0.25, 0.3) is 5.91 Å². The number of fused-ring (bicyclic) bond motifs is 1. The summed E-state index contributed by atoms with van der Waals surface area (Å²) in [5, 5.41) is 3.52. The van der Waals surface area contributed by atoms with Gasteiger partial charge in [0.1, 0.15) is 0 Å². The van der Waals surface area contributed by atoms with Crippen molar-refractivity contribution in [1.29, 1.82) is 0 Å². The molecular formula is C16H13BrClNO. The molecule has 0 atom stereocenters. The molecule has 4 heteroatoms. The van der Waals surface area contributed by atoms with E-state index in [0.29, 0.717) is 10.6 Å². The first-order chi connectivity index (χ1) is 9.65. The van der Waals surface area contributed by atoms with Crippen LogP contribution in [0.5, 0.6) is 0 Å². The van der Waals surface area contributed by atoms with E-state index in [4.69, 9.17) is 11.6 Å². The summed E-state index contributed by atoms with van der Waals surface area (Å²) in [5.41, 5.74) is 3.15. The third kappa shape index (κ3) is 2.60. The van der Waals surface area contributed by atoms with Gasteiger partial charge in [0.2, 0.25) is 0 Å². The molecule has 1 amide bonds. The maximum Gasteiger partial charge on any atom is 0.253 e. The van der Waals surface area contributed by atoms with E-state index in [0.717, 1.165) is 17.3 Å². The summed E-state index contributed by atoms with van der Waals surface area (Å²) in [6.45, 7) is 0. The molecule has 0 aliphatic heterocycles. The molecule has 0 unspecified atom stereocenters. The van der Waals surface area contributed by atoms with Gasteiger partial charge in [-0.1, -0.05) is 41.9 Å². The van der Waals surface area contributed by atoms with Crippen LogP contribution >= 0.6 is 27.5 Å². The predicted octanol–water partition coefficient (Wildman–Crippen LogP) is 4.00. The Kier molecular flexibility index (Phi) is 3.81. The average molecular weight is 351 g/mol. The molecule has 2 nitrogen and oxygen atoms in total. The summed E-state index contributed by atoms with van der Waals surface area (Å²) >= 11 is 9.49. The molecule has 0 fully saturated rings. The minimum absolute atomic E-state index is 0.117. The highest BCUT2D eigenvalue weighted by Crippen LogP contribution is 2.27. The van der Waals surface area contributed by atoms with Gasteiger partial charge >= 0.3 is 0 Å². The highest BCUT2D eigenvalue weighted by molar-refractivity contribution is 9.10. The van der Waals surface area contributed by atoms with Crippen LogP contribution in [0.25, 0.3) is 0 Å². The topological polar surface area (TPSA) is 29.1 Å². The second-order valence-corrected chi connectivity index (χ2v) is 6.18.